The topological polar surface area (TPSA) is 129 Å². The van der Waals surface area contributed by atoms with Crippen molar-refractivity contribution in [2.45, 2.75) is 50.6 Å². The third-order valence-electron chi connectivity index (χ3n) is 8.18. The number of hydrogen-bond donors (Lipinski definition) is 2. The van der Waals surface area contributed by atoms with Crippen LogP contribution in [0.2, 0.25) is 0 Å². The molecule has 0 spiro atoms. The van der Waals surface area contributed by atoms with Gasteiger partial charge >= 0.3 is 5.97 Å². The van der Waals surface area contributed by atoms with Gasteiger partial charge in [0.1, 0.15) is 40.2 Å². The van der Waals surface area contributed by atoms with Gasteiger partial charge in [0.15, 0.2) is 5.82 Å². The molecule has 0 bridgehead atoms. The Morgan fingerprint density at radius 2 is 1.83 bits per heavy atom. The maximum Gasteiger partial charge on any atom is 0.335 e. The molecule has 4 heterocycles. The molecule has 214 valence electrons. The van der Waals surface area contributed by atoms with Crippen molar-refractivity contribution in [1.82, 2.24) is 29.1 Å². The summed E-state index contributed by atoms with van der Waals surface area (Å²) in [4.78, 5) is 21.5. The Kier molecular flexibility index (Phi) is 6.49. The highest BCUT2D eigenvalue weighted by atomic mass is 16.5. The van der Waals surface area contributed by atoms with Gasteiger partial charge in [-0.05, 0) is 49.9 Å². The van der Waals surface area contributed by atoms with Crippen molar-refractivity contribution in [3.8, 4) is 22.8 Å². The molecule has 3 aromatic heterocycles. The molecule has 1 fully saturated rings. The smallest absolute Gasteiger partial charge is 0.335 e. The van der Waals surface area contributed by atoms with Gasteiger partial charge in [-0.15, -0.1) is 10.2 Å². The molecule has 5 aromatic rings. The maximum absolute atomic E-state index is 11.5. The van der Waals surface area contributed by atoms with Crippen molar-refractivity contribution in [2.75, 3.05) is 19.5 Å². The van der Waals surface area contributed by atoms with Crippen molar-refractivity contribution >= 4 is 17.3 Å². The molecule has 1 atom stereocenters. The number of nitrogens with zero attached hydrogens (tertiary/aromatic N) is 6. The molecule has 0 amide bonds. The molecule has 2 aliphatic rings. The highest BCUT2D eigenvalue weighted by Gasteiger charge is 2.36. The van der Waals surface area contributed by atoms with E-state index in [4.69, 9.17) is 19.4 Å². The molecule has 0 radical (unpaired) electrons. The number of aromatic nitrogens is 6. The second-order valence-electron chi connectivity index (χ2n) is 10.8. The van der Waals surface area contributed by atoms with E-state index in [2.05, 4.69) is 24.5 Å². The van der Waals surface area contributed by atoms with Crippen LogP contribution in [0.1, 0.15) is 70.9 Å². The summed E-state index contributed by atoms with van der Waals surface area (Å²) in [6, 6.07) is 12.5. The zero-order chi connectivity index (χ0) is 28.8. The van der Waals surface area contributed by atoms with Gasteiger partial charge < -0.3 is 24.5 Å². The number of carboxylic acid groups (broad SMARTS) is 1. The molecule has 11 nitrogen and oxygen atoms in total. The van der Waals surface area contributed by atoms with Crippen LogP contribution in [0.25, 0.3) is 16.8 Å². The highest BCUT2D eigenvalue weighted by molar-refractivity contribution is 5.90. The Balaban J connectivity index is 1.33. The van der Waals surface area contributed by atoms with Crippen LogP contribution in [0, 0.1) is 0 Å². The summed E-state index contributed by atoms with van der Waals surface area (Å²) >= 11 is 0. The number of carboxylic acids is 1. The van der Waals surface area contributed by atoms with Crippen molar-refractivity contribution < 1.29 is 19.4 Å². The number of nitrogens with one attached hydrogen (secondary N) is 1. The minimum atomic E-state index is -0.970. The Labute approximate surface area is 242 Å². The molecule has 1 unspecified atom stereocenters. The molecule has 2 N–H and O–H groups in total. The molecule has 2 aromatic carbocycles. The van der Waals surface area contributed by atoms with Gasteiger partial charge in [-0.3, -0.25) is 4.40 Å². The SMILES string of the molecule is COc1ccc(CNc2nccn3c(C4CCCn5c(C6CC6)nnc54)nc(-c4ccc(C(=O)O)cc4)c23)c(OC)c1. The summed E-state index contributed by atoms with van der Waals surface area (Å²) in [5, 5.41) is 22.2. The lowest BCUT2D eigenvalue weighted by Crippen LogP contribution is -2.20. The van der Waals surface area contributed by atoms with Crippen molar-refractivity contribution in [3.63, 3.8) is 0 Å². The molecular weight excluding hydrogens is 534 g/mol. The number of ether oxygens (including phenoxy) is 2. The maximum atomic E-state index is 11.5. The Bertz CT molecular complexity index is 1790. The van der Waals surface area contributed by atoms with Gasteiger partial charge in [0, 0.05) is 48.6 Å². The van der Waals surface area contributed by atoms with E-state index in [9.17, 15) is 9.90 Å². The normalized spacial score (nSPS) is 16.3. The number of anilines is 1. The summed E-state index contributed by atoms with van der Waals surface area (Å²) < 4.78 is 15.3. The minimum Gasteiger partial charge on any atom is -0.497 e. The average Bonchev–Trinajstić information content (AvgIpc) is 3.65. The fraction of sp³-hybridized carbons (Fsp3) is 0.323. The Morgan fingerprint density at radius 1 is 1.02 bits per heavy atom. The van der Waals surface area contributed by atoms with Crippen molar-refractivity contribution in [3.05, 3.63) is 83.5 Å². The molecule has 7 rings (SSSR count). The van der Waals surface area contributed by atoms with Crippen molar-refractivity contribution in [2.24, 2.45) is 0 Å². The number of imidazole rings is 1. The van der Waals surface area contributed by atoms with Crippen LogP contribution in [0.5, 0.6) is 11.5 Å². The average molecular weight is 566 g/mol. The highest BCUT2D eigenvalue weighted by Crippen LogP contribution is 2.43. The first-order valence-corrected chi connectivity index (χ1v) is 14.1. The van der Waals surface area contributed by atoms with Gasteiger partial charge in [-0.1, -0.05) is 12.1 Å². The first-order chi connectivity index (χ1) is 20.6. The number of rotatable bonds is 9. The lowest BCUT2D eigenvalue weighted by atomic mass is 9.98. The fourth-order valence-corrected chi connectivity index (χ4v) is 5.87. The molecule has 0 saturated heterocycles. The van der Waals surface area contributed by atoms with Crippen LogP contribution >= 0.6 is 0 Å². The number of aromatic carboxylic acids is 1. The lowest BCUT2D eigenvalue weighted by Gasteiger charge is -2.23. The fourth-order valence-electron chi connectivity index (χ4n) is 5.87. The van der Waals surface area contributed by atoms with E-state index < -0.39 is 5.97 Å². The quantitative estimate of drug-likeness (QED) is 0.250. The first kappa shape index (κ1) is 26.0. The zero-order valence-corrected chi connectivity index (χ0v) is 23.4. The zero-order valence-electron chi connectivity index (χ0n) is 23.4. The Hall–Kier alpha value is -4.93. The number of hydrogen-bond acceptors (Lipinski definition) is 8. The van der Waals surface area contributed by atoms with E-state index in [-0.39, 0.29) is 11.5 Å². The van der Waals surface area contributed by atoms with E-state index in [1.807, 2.05) is 24.4 Å². The molecular formula is C31H31N7O4. The predicted octanol–water partition coefficient (Wildman–Crippen LogP) is 5.12. The number of carbonyl (C=O) groups is 1. The Morgan fingerprint density at radius 3 is 2.57 bits per heavy atom. The van der Waals surface area contributed by atoms with Crippen LogP contribution in [-0.2, 0) is 13.1 Å². The third-order valence-corrected chi connectivity index (χ3v) is 8.18. The number of fused-ring (bicyclic) bond motifs is 2. The molecule has 1 aliphatic carbocycles. The summed E-state index contributed by atoms with van der Waals surface area (Å²) in [5.41, 5.74) is 3.50. The van der Waals surface area contributed by atoms with Crippen LogP contribution in [0.3, 0.4) is 0 Å². The largest absolute Gasteiger partial charge is 0.497 e. The van der Waals surface area contributed by atoms with E-state index in [0.717, 1.165) is 59.2 Å². The second kappa shape index (κ2) is 10.5. The standard InChI is InChI=1S/C31H31N7O4/c1-41-22-12-11-21(24(16-22)42-2)17-33-27-26-25(18-5-9-20(10-6-18)31(39)40)34-29(37(26)15-13-32-27)23-4-3-14-38-28(19-7-8-19)35-36-30(23)38/h5-6,9-13,15-16,19,23H,3-4,7-8,14,17H2,1-2H3,(H,32,33)(H,39,40). The van der Waals surface area contributed by atoms with Gasteiger partial charge in [0.2, 0.25) is 0 Å². The first-order valence-electron chi connectivity index (χ1n) is 14.1. The summed E-state index contributed by atoms with van der Waals surface area (Å²) in [6.07, 6.45) is 7.97. The molecule has 1 saturated carbocycles. The monoisotopic (exact) mass is 565 g/mol. The van der Waals surface area contributed by atoms with Crippen LogP contribution in [-0.4, -0.2) is 54.4 Å². The number of benzene rings is 2. The predicted molar refractivity (Wildman–Crippen MR) is 155 cm³/mol. The van der Waals surface area contributed by atoms with E-state index in [1.54, 1.807) is 44.7 Å². The molecule has 1 aliphatic heterocycles. The van der Waals surface area contributed by atoms with E-state index in [0.29, 0.717) is 29.8 Å². The van der Waals surface area contributed by atoms with Gasteiger partial charge in [0.05, 0.1) is 25.7 Å². The van der Waals surface area contributed by atoms with Gasteiger partial charge in [0.25, 0.3) is 0 Å². The van der Waals surface area contributed by atoms with Gasteiger partial charge in [-0.25, -0.2) is 14.8 Å². The van der Waals surface area contributed by atoms with Crippen LogP contribution < -0.4 is 14.8 Å². The third kappa shape index (κ3) is 4.50. The summed E-state index contributed by atoms with van der Waals surface area (Å²) in [7, 11) is 3.26. The second-order valence-corrected chi connectivity index (χ2v) is 10.8. The van der Waals surface area contributed by atoms with Crippen LogP contribution in [0.4, 0.5) is 5.82 Å². The van der Waals surface area contributed by atoms with E-state index in [1.165, 1.54) is 12.8 Å². The van der Waals surface area contributed by atoms with Crippen LogP contribution in [0.15, 0.2) is 54.9 Å². The summed E-state index contributed by atoms with van der Waals surface area (Å²) in [5.74, 6) is 4.51. The molecule has 11 heteroatoms. The summed E-state index contributed by atoms with van der Waals surface area (Å²) in [6.45, 7) is 1.38. The number of methoxy groups -OCH3 is 2. The van der Waals surface area contributed by atoms with Crippen molar-refractivity contribution in [1.29, 1.82) is 0 Å². The lowest BCUT2D eigenvalue weighted by molar-refractivity contribution is 0.0697. The minimum absolute atomic E-state index is 0.0322. The molecule has 42 heavy (non-hydrogen) atoms. The van der Waals surface area contributed by atoms with Gasteiger partial charge in [-0.2, -0.15) is 0 Å². The van der Waals surface area contributed by atoms with E-state index >= 15 is 0 Å².